The van der Waals surface area contributed by atoms with Crippen LogP contribution in [-0.4, -0.2) is 55.8 Å². The number of sulfone groups is 1. The number of rotatable bonds is 5. The Balaban J connectivity index is 1.57. The first-order valence-corrected chi connectivity index (χ1v) is 9.98. The lowest BCUT2D eigenvalue weighted by molar-refractivity contribution is 0.0963. The maximum Gasteiger partial charge on any atom is 0.175 e. The fraction of sp³-hybridized carbons (Fsp3) is 0.471. The van der Waals surface area contributed by atoms with Crippen LogP contribution in [0.2, 0.25) is 0 Å². The van der Waals surface area contributed by atoms with Crippen molar-refractivity contribution in [3.8, 4) is 0 Å². The smallest absolute Gasteiger partial charge is 0.175 e. The molecule has 7 heteroatoms. The molecule has 130 valence electrons. The molecule has 0 N–H and O–H groups in total. The molecule has 1 saturated heterocycles. The highest BCUT2D eigenvalue weighted by molar-refractivity contribution is 7.90. The van der Waals surface area contributed by atoms with Gasteiger partial charge in [0, 0.05) is 51.1 Å². The SMILES string of the molecule is CC(c1ccc(S(C)(=O)=O)cc1)N1CCN(Cc2ccon2)CC1. The average molecular weight is 349 g/mol. The van der Waals surface area contributed by atoms with Gasteiger partial charge in [0.15, 0.2) is 9.84 Å². The molecule has 0 amide bonds. The first-order valence-electron chi connectivity index (χ1n) is 8.09. The van der Waals surface area contributed by atoms with Crippen molar-refractivity contribution < 1.29 is 12.9 Å². The number of aromatic nitrogens is 1. The van der Waals surface area contributed by atoms with Gasteiger partial charge in [0.25, 0.3) is 0 Å². The molecule has 1 fully saturated rings. The van der Waals surface area contributed by atoms with Gasteiger partial charge in [-0.3, -0.25) is 9.80 Å². The minimum atomic E-state index is -3.14. The standard InChI is InChI=1S/C17H23N3O3S/c1-14(15-3-5-17(6-4-15)24(2,21)22)20-10-8-19(9-11-20)13-16-7-12-23-18-16/h3-7,12,14H,8-11,13H2,1-2H3. The molecule has 0 saturated carbocycles. The molecule has 1 aliphatic rings. The van der Waals surface area contributed by atoms with E-state index in [0.29, 0.717) is 4.90 Å². The van der Waals surface area contributed by atoms with E-state index in [0.717, 1.165) is 44.0 Å². The zero-order chi connectivity index (χ0) is 17.2. The Bertz CT molecular complexity index is 749. The van der Waals surface area contributed by atoms with E-state index >= 15 is 0 Å². The highest BCUT2D eigenvalue weighted by Crippen LogP contribution is 2.23. The van der Waals surface area contributed by atoms with Crippen LogP contribution in [0.3, 0.4) is 0 Å². The zero-order valence-corrected chi connectivity index (χ0v) is 14.9. The Morgan fingerprint density at radius 3 is 2.33 bits per heavy atom. The second-order valence-corrected chi connectivity index (χ2v) is 8.34. The Morgan fingerprint density at radius 2 is 1.79 bits per heavy atom. The quantitative estimate of drug-likeness (QED) is 0.822. The first-order chi connectivity index (χ1) is 11.4. The van der Waals surface area contributed by atoms with E-state index in [9.17, 15) is 8.42 Å². The van der Waals surface area contributed by atoms with Crippen LogP contribution in [0.1, 0.15) is 24.2 Å². The first kappa shape index (κ1) is 17.1. The molecule has 3 rings (SSSR count). The topological polar surface area (TPSA) is 66.7 Å². The van der Waals surface area contributed by atoms with Crippen molar-refractivity contribution in [1.29, 1.82) is 0 Å². The molecule has 1 unspecified atom stereocenters. The van der Waals surface area contributed by atoms with Crippen molar-refractivity contribution in [3.05, 3.63) is 47.9 Å². The van der Waals surface area contributed by atoms with E-state index in [4.69, 9.17) is 4.52 Å². The summed E-state index contributed by atoms with van der Waals surface area (Å²) in [5, 5.41) is 3.96. The number of piperazine rings is 1. The van der Waals surface area contributed by atoms with Gasteiger partial charge in [-0.05, 0) is 24.6 Å². The van der Waals surface area contributed by atoms with E-state index in [1.807, 2.05) is 18.2 Å². The average Bonchev–Trinajstić information content (AvgIpc) is 3.07. The van der Waals surface area contributed by atoms with Gasteiger partial charge in [-0.1, -0.05) is 17.3 Å². The summed E-state index contributed by atoms with van der Waals surface area (Å²) in [7, 11) is -3.14. The van der Waals surface area contributed by atoms with Gasteiger partial charge in [0.1, 0.15) is 6.26 Å². The summed E-state index contributed by atoms with van der Waals surface area (Å²) >= 11 is 0. The molecular formula is C17H23N3O3S. The lowest BCUT2D eigenvalue weighted by Gasteiger charge is -2.38. The predicted molar refractivity (Wildman–Crippen MR) is 91.3 cm³/mol. The Hall–Kier alpha value is -1.70. The number of hydrogen-bond acceptors (Lipinski definition) is 6. The summed E-state index contributed by atoms with van der Waals surface area (Å²) in [6.45, 7) is 6.92. The van der Waals surface area contributed by atoms with E-state index in [-0.39, 0.29) is 6.04 Å². The monoisotopic (exact) mass is 349 g/mol. The summed E-state index contributed by atoms with van der Waals surface area (Å²) in [6.07, 6.45) is 2.84. The third-order valence-electron chi connectivity index (χ3n) is 4.62. The van der Waals surface area contributed by atoms with Gasteiger partial charge in [-0.15, -0.1) is 0 Å². The van der Waals surface area contributed by atoms with Crippen LogP contribution >= 0.6 is 0 Å². The largest absolute Gasteiger partial charge is 0.364 e. The van der Waals surface area contributed by atoms with Crippen LogP contribution < -0.4 is 0 Å². The van der Waals surface area contributed by atoms with Crippen LogP contribution in [-0.2, 0) is 16.4 Å². The maximum atomic E-state index is 11.6. The van der Waals surface area contributed by atoms with Crippen molar-refractivity contribution in [3.63, 3.8) is 0 Å². The molecule has 1 aliphatic heterocycles. The predicted octanol–water partition coefficient (Wildman–Crippen LogP) is 1.96. The van der Waals surface area contributed by atoms with Crippen LogP contribution in [0.4, 0.5) is 0 Å². The van der Waals surface area contributed by atoms with Gasteiger partial charge >= 0.3 is 0 Å². The van der Waals surface area contributed by atoms with Crippen molar-refractivity contribution in [1.82, 2.24) is 15.0 Å². The van der Waals surface area contributed by atoms with Crippen molar-refractivity contribution >= 4 is 9.84 Å². The van der Waals surface area contributed by atoms with Crippen molar-refractivity contribution in [2.24, 2.45) is 0 Å². The fourth-order valence-corrected chi connectivity index (χ4v) is 3.69. The molecule has 0 aliphatic carbocycles. The maximum absolute atomic E-state index is 11.6. The van der Waals surface area contributed by atoms with Crippen molar-refractivity contribution in [2.75, 3.05) is 32.4 Å². The number of hydrogen-bond donors (Lipinski definition) is 0. The molecule has 0 radical (unpaired) electrons. The van der Waals surface area contributed by atoms with Gasteiger partial charge in [0.2, 0.25) is 0 Å². The minimum absolute atomic E-state index is 0.271. The molecule has 6 nitrogen and oxygen atoms in total. The van der Waals surface area contributed by atoms with Gasteiger partial charge in [-0.25, -0.2) is 8.42 Å². The molecule has 0 spiro atoms. The summed E-state index contributed by atoms with van der Waals surface area (Å²) < 4.78 is 28.0. The molecule has 1 atom stereocenters. The summed E-state index contributed by atoms with van der Waals surface area (Å²) in [5.74, 6) is 0. The van der Waals surface area contributed by atoms with E-state index < -0.39 is 9.84 Å². The van der Waals surface area contributed by atoms with Gasteiger partial charge < -0.3 is 4.52 Å². The fourth-order valence-electron chi connectivity index (χ4n) is 3.06. The lowest BCUT2D eigenvalue weighted by atomic mass is 10.1. The summed E-state index contributed by atoms with van der Waals surface area (Å²) in [5.41, 5.74) is 2.11. The summed E-state index contributed by atoms with van der Waals surface area (Å²) in [4.78, 5) is 5.17. The van der Waals surface area contributed by atoms with Crippen LogP contribution in [0, 0.1) is 0 Å². The molecule has 1 aromatic heterocycles. The van der Waals surface area contributed by atoms with E-state index in [1.54, 1.807) is 18.4 Å². The summed E-state index contributed by atoms with van der Waals surface area (Å²) in [6, 6.07) is 9.40. The molecule has 24 heavy (non-hydrogen) atoms. The molecule has 2 aromatic rings. The molecule has 2 heterocycles. The van der Waals surface area contributed by atoms with E-state index in [1.165, 1.54) is 6.26 Å². The van der Waals surface area contributed by atoms with E-state index in [2.05, 4.69) is 21.9 Å². The van der Waals surface area contributed by atoms with Crippen molar-refractivity contribution in [2.45, 2.75) is 24.4 Å². The van der Waals surface area contributed by atoms with Gasteiger partial charge in [-0.2, -0.15) is 0 Å². The molecular weight excluding hydrogens is 326 g/mol. The Kier molecular flexibility index (Phi) is 5.03. The van der Waals surface area contributed by atoms with Crippen LogP contribution in [0.5, 0.6) is 0 Å². The highest BCUT2D eigenvalue weighted by atomic mass is 32.2. The van der Waals surface area contributed by atoms with Gasteiger partial charge in [0.05, 0.1) is 10.6 Å². The number of benzene rings is 1. The normalized spacial score (nSPS) is 18.6. The van der Waals surface area contributed by atoms with Crippen LogP contribution in [0.25, 0.3) is 0 Å². The Labute approximate surface area is 143 Å². The molecule has 1 aromatic carbocycles. The zero-order valence-electron chi connectivity index (χ0n) is 14.1. The number of nitrogens with zero attached hydrogens (tertiary/aromatic N) is 3. The molecule has 0 bridgehead atoms. The van der Waals surface area contributed by atoms with Crippen LogP contribution in [0.15, 0.2) is 46.0 Å². The lowest BCUT2D eigenvalue weighted by Crippen LogP contribution is -2.46. The third-order valence-corrected chi connectivity index (χ3v) is 5.75. The minimum Gasteiger partial charge on any atom is -0.364 e. The Morgan fingerprint density at radius 1 is 1.12 bits per heavy atom. The second-order valence-electron chi connectivity index (χ2n) is 6.32. The third kappa shape index (κ3) is 4.03. The second kappa shape index (κ2) is 7.04. The highest BCUT2D eigenvalue weighted by Gasteiger charge is 2.22.